The highest BCUT2D eigenvalue weighted by molar-refractivity contribution is 7.80. The summed E-state index contributed by atoms with van der Waals surface area (Å²) < 4.78 is 0. The number of carbonyl (C=O) groups excluding carboxylic acids is 1. The summed E-state index contributed by atoms with van der Waals surface area (Å²) in [4.78, 5) is 14.6. The van der Waals surface area contributed by atoms with E-state index in [1.54, 1.807) is 0 Å². The monoisotopic (exact) mass is 272 g/mol. The minimum Gasteiger partial charge on any atom is -0.393 e. The Bertz CT molecular complexity index is 297. The number of hydrogen-bond acceptors (Lipinski definition) is 2. The number of thiocarbonyl (C=S) groups is 1. The topological polar surface area (TPSA) is 46.3 Å². The molecule has 0 heterocycles. The van der Waals surface area contributed by atoms with Gasteiger partial charge in [-0.15, -0.1) is 0 Å². The van der Waals surface area contributed by atoms with Crippen molar-refractivity contribution in [3.8, 4) is 0 Å². The van der Waals surface area contributed by atoms with E-state index >= 15 is 0 Å². The summed E-state index contributed by atoms with van der Waals surface area (Å²) in [6.45, 7) is 13.9. The molecule has 0 saturated carbocycles. The third-order valence-electron chi connectivity index (χ3n) is 3.67. The van der Waals surface area contributed by atoms with E-state index < -0.39 is 0 Å². The predicted molar refractivity (Wildman–Crippen MR) is 81.4 cm³/mol. The summed E-state index contributed by atoms with van der Waals surface area (Å²) in [5, 5.41) is 0. The van der Waals surface area contributed by atoms with Gasteiger partial charge in [0.25, 0.3) is 0 Å². The van der Waals surface area contributed by atoms with Crippen molar-refractivity contribution >= 4 is 23.1 Å². The molecule has 2 N–H and O–H groups in total. The largest absolute Gasteiger partial charge is 0.393 e. The number of nitrogens with zero attached hydrogens (tertiary/aromatic N) is 1. The van der Waals surface area contributed by atoms with E-state index in [4.69, 9.17) is 18.0 Å². The molecule has 0 radical (unpaired) electrons. The summed E-state index contributed by atoms with van der Waals surface area (Å²) in [7, 11) is 0. The second-order valence-corrected chi connectivity index (χ2v) is 6.68. The number of nitrogens with two attached hydrogens (primary N) is 1. The molecular weight excluding hydrogens is 244 g/mol. The van der Waals surface area contributed by atoms with Crippen molar-refractivity contribution in [1.29, 1.82) is 0 Å². The Morgan fingerprint density at radius 3 is 2.17 bits per heavy atom. The van der Waals surface area contributed by atoms with Gasteiger partial charge in [-0.3, -0.25) is 4.79 Å². The van der Waals surface area contributed by atoms with Gasteiger partial charge in [0.2, 0.25) is 5.91 Å². The standard InChI is InChI=1S/C14H28N2OS/c1-7-16(9-10(2)13(15)18)12(17)8-11(3)14(4,5)6/h10-11H,7-9H2,1-6H3,(H2,15,18). The van der Waals surface area contributed by atoms with Crippen LogP contribution >= 0.6 is 12.2 Å². The van der Waals surface area contributed by atoms with Crippen molar-refractivity contribution in [2.45, 2.75) is 48.0 Å². The van der Waals surface area contributed by atoms with Crippen LogP contribution in [0.4, 0.5) is 0 Å². The molecule has 0 fully saturated rings. The Hall–Kier alpha value is -0.640. The van der Waals surface area contributed by atoms with E-state index in [2.05, 4.69) is 27.7 Å². The number of carbonyl (C=O) groups is 1. The van der Waals surface area contributed by atoms with E-state index in [1.807, 2.05) is 18.7 Å². The molecule has 3 nitrogen and oxygen atoms in total. The Labute approximate surface area is 117 Å². The van der Waals surface area contributed by atoms with E-state index in [-0.39, 0.29) is 17.2 Å². The molecule has 0 aromatic heterocycles. The minimum absolute atomic E-state index is 0.0776. The molecular formula is C14H28N2OS. The molecule has 0 aliphatic heterocycles. The average Bonchev–Trinajstić information content (AvgIpc) is 2.23. The fourth-order valence-electron chi connectivity index (χ4n) is 1.53. The molecule has 1 amide bonds. The SMILES string of the molecule is CCN(CC(C)C(N)=S)C(=O)CC(C)C(C)(C)C. The molecule has 106 valence electrons. The predicted octanol–water partition coefficient (Wildman–Crippen LogP) is 2.83. The van der Waals surface area contributed by atoms with Crippen LogP contribution in [0, 0.1) is 17.3 Å². The van der Waals surface area contributed by atoms with Crippen LogP contribution in [0.5, 0.6) is 0 Å². The lowest BCUT2D eigenvalue weighted by atomic mass is 9.80. The maximum Gasteiger partial charge on any atom is 0.222 e. The molecule has 0 spiro atoms. The van der Waals surface area contributed by atoms with Gasteiger partial charge in [-0.1, -0.05) is 46.8 Å². The van der Waals surface area contributed by atoms with Crippen LogP contribution in [0.25, 0.3) is 0 Å². The zero-order chi connectivity index (χ0) is 14.5. The molecule has 0 rings (SSSR count). The van der Waals surface area contributed by atoms with E-state index in [9.17, 15) is 4.79 Å². The maximum atomic E-state index is 12.2. The Morgan fingerprint density at radius 1 is 1.33 bits per heavy atom. The summed E-state index contributed by atoms with van der Waals surface area (Å²) in [5.74, 6) is 0.635. The number of amides is 1. The van der Waals surface area contributed by atoms with Gasteiger partial charge in [-0.2, -0.15) is 0 Å². The van der Waals surface area contributed by atoms with Crippen molar-refractivity contribution in [1.82, 2.24) is 4.90 Å². The van der Waals surface area contributed by atoms with Crippen molar-refractivity contribution in [3.05, 3.63) is 0 Å². The highest BCUT2D eigenvalue weighted by Gasteiger charge is 2.25. The summed E-state index contributed by atoms with van der Waals surface area (Å²) in [5.41, 5.74) is 5.76. The first-order valence-electron chi connectivity index (χ1n) is 6.66. The zero-order valence-corrected chi connectivity index (χ0v) is 13.4. The van der Waals surface area contributed by atoms with Crippen LogP contribution in [-0.2, 0) is 4.79 Å². The summed E-state index contributed by atoms with van der Waals surface area (Å²) >= 11 is 4.96. The number of rotatable bonds is 6. The van der Waals surface area contributed by atoms with Crippen molar-refractivity contribution < 1.29 is 4.79 Å². The lowest BCUT2D eigenvalue weighted by Crippen LogP contribution is -2.39. The second kappa shape index (κ2) is 7.07. The van der Waals surface area contributed by atoms with Gasteiger partial charge in [0, 0.05) is 25.4 Å². The lowest BCUT2D eigenvalue weighted by molar-refractivity contribution is -0.133. The van der Waals surface area contributed by atoms with Crippen molar-refractivity contribution in [3.63, 3.8) is 0 Å². The molecule has 0 aromatic carbocycles. The van der Waals surface area contributed by atoms with Crippen LogP contribution < -0.4 is 5.73 Å². The third kappa shape index (κ3) is 5.80. The van der Waals surface area contributed by atoms with Crippen LogP contribution in [0.1, 0.15) is 48.0 Å². The first-order valence-corrected chi connectivity index (χ1v) is 7.07. The molecule has 0 aromatic rings. The Morgan fingerprint density at radius 2 is 1.83 bits per heavy atom. The van der Waals surface area contributed by atoms with Gasteiger partial charge in [0.15, 0.2) is 0 Å². The van der Waals surface area contributed by atoms with Crippen LogP contribution in [0.15, 0.2) is 0 Å². The first-order chi connectivity index (χ1) is 8.09. The molecule has 2 atom stereocenters. The van der Waals surface area contributed by atoms with Gasteiger partial charge in [-0.05, 0) is 18.3 Å². The maximum absolute atomic E-state index is 12.2. The molecule has 0 aliphatic carbocycles. The summed E-state index contributed by atoms with van der Waals surface area (Å²) in [6, 6.07) is 0. The van der Waals surface area contributed by atoms with E-state index in [1.165, 1.54) is 0 Å². The zero-order valence-electron chi connectivity index (χ0n) is 12.6. The fourth-order valence-corrected chi connectivity index (χ4v) is 1.60. The average molecular weight is 272 g/mol. The van der Waals surface area contributed by atoms with Crippen molar-refractivity contribution in [2.24, 2.45) is 23.0 Å². The van der Waals surface area contributed by atoms with Crippen molar-refractivity contribution in [2.75, 3.05) is 13.1 Å². The highest BCUT2D eigenvalue weighted by atomic mass is 32.1. The van der Waals surface area contributed by atoms with Crippen LogP contribution in [0.2, 0.25) is 0 Å². The first kappa shape index (κ1) is 17.4. The van der Waals surface area contributed by atoms with Gasteiger partial charge in [-0.25, -0.2) is 0 Å². The lowest BCUT2D eigenvalue weighted by Gasteiger charge is -2.30. The molecule has 18 heavy (non-hydrogen) atoms. The van der Waals surface area contributed by atoms with E-state index in [0.717, 1.165) is 0 Å². The van der Waals surface area contributed by atoms with E-state index in [0.29, 0.717) is 30.4 Å². The van der Waals surface area contributed by atoms with Crippen LogP contribution in [-0.4, -0.2) is 28.9 Å². The molecule has 4 heteroatoms. The second-order valence-electron chi connectivity index (χ2n) is 6.21. The number of hydrogen-bond donors (Lipinski definition) is 1. The fraction of sp³-hybridized carbons (Fsp3) is 0.857. The quantitative estimate of drug-likeness (QED) is 0.756. The molecule has 0 aliphatic rings. The normalized spacial score (nSPS) is 15.0. The van der Waals surface area contributed by atoms with Gasteiger partial charge in [0.1, 0.15) is 0 Å². The van der Waals surface area contributed by atoms with Gasteiger partial charge < -0.3 is 10.6 Å². The molecule has 2 unspecified atom stereocenters. The van der Waals surface area contributed by atoms with Crippen LogP contribution in [0.3, 0.4) is 0 Å². The smallest absolute Gasteiger partial charge is 0.222 e. The minimum atomic E-state index is 0.0776. The summed E-state index contributed by atoms with van der Waals surface area (Å²) in [6.07, 6.45) is 0.585. The Kier molecular flexibility index (Phi) is 6.82. The molecule has 0 saturated heterocycles. The Balaban J connectivity index is 4.49. The molecule has 0 bridgehead atoms. The highest BCUT2D eigenvalue weighted by Crippen LogP contribution is 2.28. The third-order valence-corrected chi connectivity index (χ3v) is 4.08. The van der Waals surface area contributed by atoms with Gasteiger partial charge >= 0.3 is 0 Å². The van der Waals surface area contributed by atoms with Gasteiger partial charge in [0.05, 0.1) is 4.99 Å².